The van der Waals surface area contributed by atoms with E-state index in [4.69, 9.17) is 31.1 Å². The van der Waals surface area contributed by atoms with Gasteiger partial charge in [0.05, 0.1) is 24.4 Å². The third kappa shape index (κ3) is 4.95. The highest BCUT2D eigenvalue weighted by Gasteiger charge is 2.57. The first-order valence-electron chi connectivity index (χ1n) is 15.1. The Labute approximate surface area is 252 Å². The number of hydrogen-bond acceptors (Lipinski definition) is 8. The summed E-state index contributed by atoms with van der Waals surface area (Å²) in [6.45, 7) is 4.88. The first kappa shape index (κ1) is 27.7. The lowest BCUT2D eigenvalue weighted by molar-refractivity contribution is -0.170. The van der Waals surface area contributed by atoms with Crippen molar-refractivity contribution in [3.63, 3.8) is 0 Å². The Bertz CT molecular complexity index is 1500. The largest absolute Gasteiger partial charge is 0.462 e. The highest BCUT2D eigenvalue weighted by molar-refractivity contribution is 6.36. The maximum Gasteiger partial charge on any atom is 0.318 e. The molecular formula is C32H39ClN6O3. The molecule has 9 nitrogen and oxygen atoms in total. The Morgan fingerprint density at radius 2 is 1.90 bits per heavy atom. The molecule has 10 heteroatoms. The SMILES string of the molecule is CON(C)C(=O)C1C2CCN(c3nc(OC[C@@H]4CCCN4C)nc4c3CCN(c3cccc5cccc(Cl)c35)C4)CC21. The van der Waals surface area contributed by atoms with Gasteiger partial charge in [0.2, 0.25) is 5.91 Å². The maximum absolute atomic E-state index is 12.9. The Balaban J connectivity index is 1.19. The van der Waals surface area contributed by atoms with Crippen molar-refractivity contribution in [2.45, 2.75) is 38.3 Å². The van der Waals surface area contributed by atoms with Crippen molar-refractivity contribution in [3.05, 3.63) is 52.7 Å². The van der Waals surface area contributed by atoms with E-state index in [0.29, 0.717) is 37.0 Å². The summed E-state index contributed by atoms with van der Waals surface area (Å²) in [5.74, 6) is 1.82. The van der Waals surface area contributed by atoms with E-state index in [1.165, 1.54) is 17.0 Å². The third-order valence-corrected chi connectivity index (χ3v) is 10.3. The molecule has 4 aliphatic rings. The van der Waals surface area contributed by atoms with Crippen molar-refractivity contribution in [1.82, 2.24) is 19.9 Å². The molecule has 4 atom stereocenters. The van der Waals surface area contributed by atoms with Crippen LogP contribution < -0.4 is 14.5 Å². The van der Waals surface area contributed by atoms with Crippen LogP contribution in [0.2, 0.25) is 5.02 Å². The van der Waals surface area contributed by atoms with Gasteiger partial charge < -0.3 is 19.4 Å². The highest BCUT2D eigenvalue weighted by Crippen LogP contribution is 2.53. The lowest BCUT2D eigenvalue weighted by atomic mass is 10.0. The average Bonchev–Trinajstić information content (AvgIpc) is 3.59. The fourth-order valence-corrected chi connectivity index (χ4v) is 7.70. The number of aromatic nitrogens is 2. The van der Waals surface area contributed by atoms with Crippen LogP contribution in [0.1, 0.15) is 30.5 Å². The van der Waals surface area contributed by atoms with Crippen LogP contribution in [-0.4, -0.2) is 85.9 Å². The summed E-state index contributed by atoms with van der Waals surface area (Å²) in [6, 6.07) is 13.3. The first-order chi connectivity index (χ1) is 20.4. The van der Waals surface area contributed by atoms with Crippen LogP contribution in [-0.2, 0) is 22.6 Å². The lowest BCUT2D eigenvalue weighted by Gasteiger charge is -2.35. The molecule has 0 radical (unpaired) electrons. The van der Waals surface area contributed by atoms with Crippen LogP contribution in [0.3, 0.4) is 0 Å². The molecule has 4 heterocycles. The molecule has 0 bridgehead atoms. The molecule has 222 valence electrons. The van der Waals surface area contributed by atoms with Crippen molar-refractivity contribution in [2.75, 3.05) is 63.8 Å². The number of hydroxylamine groups is 2. The van der Waals surface area contributed by atoms with Crippen molar-refractivity contribution in [3.8, 4) is 6.01 Å². The zero-order valence-corrected chi connectivity index (χ0v) is 25.4. The standard InChI is InChI=1S/C32H39ClN6O3/c1-36-14-6-9-21(36)19-42-32-34-26-18-38(27-11-5-8-20-7-4-10-25(33)28(20)27)15-13-23(26)30(35-32)39-16-12-22-24(17-39)29(22)31(40)37(2)41-3/h4-5,7-8,10-11,21-22,24,29H,6,9,12-19H2,1-3H3/t21-,22?,24?,29?/m0/s1. The number of hydrogen-bond donors (Lipinski definition) is 0. The normalized spacial score (nSPS) is 25.3. The molecule has 1 aliphatic carbocycles. The van der Waals surface area contributed by atoms with E-state index in [0.717, 1.165) is 78.4 Å². The Morgan fingerprint density at radius 1 is 1.07 bits per heavy atom. The highest BCUT2D eigenvalue weighted by atomic mass is 35.5. The Morgan fingerprint density at radius 3 is 2.69 bits per heavy atom. The molecule has 0 spiro atoms. The van der Waals surface area contributed by atoms with Gasteiger partial charge in [0.1, 0.15) is 12.4 Å². The van der Waals surface area contributed by atoms with Gasteiger partial charge in [0.15, 0.2) is 0 Å². The molecule has 3 unspecified atom stereocenters. The molecule has 2 aromatic carbocycles. The van der Waals surface area contributed by atoms with Crippen LogP contribution in [0.25, 0.3) is 10.8 Å². The number of ether oxygens (including phenoxy) is 1. The Kier molecular flexibility index (Phi) is 7.36. The number of rotatable bonds is 7. The summed E-state index contributed by atoms with van der Waals surface area (Å²) in [5, 5.41) is 4.35. The summed E-state index contributed by atoms with van der Waals surface area (Å²) >= 11 is 6.71. The van der Waals surface area contributed by atoms with E-state index in [2.05, 4.69) is 46.0 Å². The van der Waals surface area contributed by atoms with Crippen molar-refractivity contribution in [2.24, 2.45) is 17.8 Å². The quantitative estimate of drug-likeness (QED) is 0.375. The van der Waals surface area contributed by atoms with Crippen LogP contribution in [0, 0.1) is 17.8 Å². The van der Waals surface area contributed by atoms with Crippen molar-refractivity contribution >= 4 is 39.8 Å². The van der Waals surface area contributed by atoms with E-state index in [-0.39, 0.29) is 11.8 Å². The molecule has 1 aromatic heterocycles. The molecule has 0 N–H and O–H groups in total. The molecular weight excluding hydrogens is 552 g/mol. The summed E-state index contributed by atoms with van der Waals surface area (Å²) in [6.07, 6.45) is 4.12. The van der Waals surface area contributed by atoms with Crippen LogP contribution in [0.5, 0.6) is 6.01 Å². The van der Waals surface area contributed by atoms with Gasteiger partial charge in [0, 0.05) is 55.3 Å². The number of likely N-dealkylation sites (N-methyl/N-ethyl adjacent to an activating group) is 1. The monoisotopic (exact) mass is 590 g/mol. The Hall–Kier alpha value is -3.14. The summed E-state index contributed by atoms with van der Waals surface area (Å²) in [4.78, 5) is 35.2. The number of benzene rings is 2. The summed E-state index contributed by atoms with van der Waals surface area (Å²) in [5.41, 5.74) is 3.33. The summed E-state index contributed by atoms with van der Waals surface area (Å²) in [7, 11) is 5.40. The van der Waals surface area contributed by atoms with Gasteiger partial charge in [-0.3, -0.25) is 9.63 Å². The lowest BCUT2D eigenvalue weighted by Crippen LogP contribution is -2.37. The van der Waals surface area contributed by atoms with E-state index in [1.807, 2.05) is 12.1 Å². The number of amides is 1. The molecule has 3 aromatic rings. The number of piperidine rings is 1. The van der Waals surface area contributed by atoms with E-state index in [9.17, 15) is 4.79 Å². The molecule has 2 saturated heterocycles. The number of halogens is 1. The predicted octanol–water partition coefficient (Wildman–Crippen LogP) is 4.41. The fourth-order valence-electron chi connectivity index (χ4n) is 7.42. The fraction of sp³-hybridized carbons (Fsp3) is 0.531. The van der Waals surface area contributed by atoms with E-state index < -0.39 is 0 Å². The number of anilines is 2. The van der Waals surface area contributed by atoms with Gasteiger partial charge >= 0.3 is 6.01 Å². The van der Waals surface area contributed by atoms with E-state index >= 15 is 0 Å². The minimum Gasteiger partial charge on any atom is -0.462 e. The smallest absolute Gasteiger partial charge is 0.318 e. The van der Waals surface area contributed by atoms with E-state index in [1.54, 1.807) is 14.2 Å². The summed E-state index contributed by atoms with van der Waals surface area (Å²) < 4.78 is 6.32. The zero-order chi connectivity index (χ0) is 29.0. The van der Waals surface area contributed by atoms with Crippen LogP contribution in [0.15, 0.2) is 36.4 Å². The zero-order valence-electron chi connectivity index (χ0n) is 24.6. The van der Waals surface area contributed by atoms with Gasteiger partial charge in [-0.05, 0) is 68.6 Å². The van der Waals surface area contributed by atoms with Crippen LogP contribution in [0.4, 0.5) is 11.5 Å². The van der Waals surface area contributed by atoms with Gasteiger partial charge in [-0.15, -0.1) is 0 Å². The topological polar surface area (TPSA) is 74.3 Å². The average molecular weight is 591 g/mol. The molecule has 1 amide bonds. The number of likely N-dealkylation sites (tertiary alicyclic amines) is 1. The minimum atomic E-state index is 0.0258. The minimum absolute atomic E-state index is 0.0258. The van der Waals surface area contributed by atoms with Crippen molar-refractivity contribution in [1.29, 1.82) is 0 Å². The van der Waals surface area contributed by atoms with Gasteiger partial charge in [-0.2, -0.15) is 9.97 Å². The molecule has 3 fully saturated rings. The number of fused-ring (bicyclic) bond motifs is 3. The number of carbonyl (C=O) groups excluding carboxylic acids is 1. The third-order valence-electron chi connectivity index (χ3n) is 9.94. The predicted molar refractivity (Wildman–Crippen MR) is 164 cm³/mol. The van der Waals surface area contributed by atoms with Gasteiger partial charge in [0.25, 0.3) is 0 Å². The molecule has 42 heavy (non-hydrogen) atoms. The second kappa shape index (κ2) is 11.2. The second-order valence-electron chi connectivity index (χ2n) is 12.2. The first-order valence-corrected chi connectivity index (χ1v) is 15.5. The van der Waals surface area contributed by atoms with Crippen molar-refractivity contribution < 1.29 is 14.4 Å². The second-order valence-corrected chi connectivity index (χ2v) is 12.6. The molecule has 3 aliphatic heterocycles. The van der Waals surface area contributed by atoms with Gasteiger partial charge in [-0.25, -0.2) is 5.06 Å². The maximum atomic E-state index is 12.9. The van der Waals surface area contributed by atoms with Gasteiger partial charge in [-0.1, -0.05) is 35.9 Å². The molecule has 7 rings (SSSR count). The number of carbonyl (C=O) groups is 1. The van der Waals surface area contributed by atoms with Crippen LogP contribution >= 0.6 is 11.6 Å². The molecule has 1 saturated carbocycles. The number of nitrogens with zero attached hydrogens (tertiary/aromatic N) is 6.